The summed E-state index contributed by atoms with van der Waals surface area (Å²) in [6, 6.07) is -1.59. The summed E-state index contributed by atoms with van der Waals surface area (Å²) in [5.74, 6) is -1.16. The van der Waals surface area contributed by atoms with Crippen LogP contribution in [0.4, 0.5) is 11.9 Å². The number of aliphatic hydroxyl groups excluding tert-OH is 2. The van der Waals surface area contributed by atoms with Gasteiger partial charge in [0.15, 0.2) is 28.6 Å². The van der Waals surface area contributed by atoms with Crippen LogP contribution in [0.25, 0.3) is 32.8 Å². The van der Waals surface area contributed by atoms with Crippen molar-refractivity contribution in [2.45, 2.75) is 103 Å². The van der Waals surface area contributed by atoms with Gasteiger partial charge in [-0.2, -0.15) is 9.97 Å². The molecule has 0 bridgehead atoms. The lowest BCUT2D eigenvalue weighted by Crippen LogP contribution is -2.38. The van der Waals surface area contributed by atoms with E-state index in [1.807, 2.05) is 13.8 Å². The van der Waals surface area contributed by atoms with Crippen molar-refractivity contribution >= 4 is 46.0 Å². The first-order valence-electron chi connectivity index (χ1n) is 16.7. The van der Waals surface area contributed by atoms with Gasteiger partial charge in [-0.1, -0.05) is 46.7 Å². The van der Waals surface area contributed by atoms with Gasteiger partial charge in [0.2, 0.25) is 23.7 Å². The smallest absolute Gasteiger partial charge is 0.280 e. The number of hydrogen-bond acceptors (Lipinski definition) is 14. The van der Waals surface area contributed by atoms with Gasteiger partial charge in [-0.25, -0.2) is 9.97 Å². The zero-order valence-electron chi connectivity index (χ0n) is 29.3. The molecule has 0 unspecified atom stereocenters. The number of H-pyrrole nitrogens is 2. The number of imidazole rings is 2. The van der Waals surface area contributed by atoms with Gasteiger partial charge in [-0.05, 0) is 18.4 Å². The first kappa shape index (κ1) is 38.0. The molecule has 22 heteroatoms. The number of anilines is 2. The van der Waals surface area contributed by atoms with Gasteiger partial charge in [0.05, 0.1) is 43.1 Å². The zero-order chi connectivity index (χ0) is 38.0. The minimum atomic E-state index is -1.00. The maximum absolute atomic E-state index is 12.3. The molecular formula is C30H42N14O8. The van der Waals surface area contributed by atoms with Crippen molar-refractivity contribution in [1.29, 1.82) is 0 Å². The van der Waals surface area contributed by atoms with Crippen molar-refractivity contribution in [3.8, 4) is 0 Å². The van der Waals surface area contributed by atoms with E-state index in [2.05, 4.69) is 50.6 Å². The fourth-order valence-electron chi connectivity index (χ4n) is 5.70. The summed E-state index contributed by atoms with van der Waals surface area (Å²) >= 11 is 0. The number of aromatic nitrogens is 8. The van der Waals surface area contributed by atoms with E-state index in [1.54, 1.807) is 27.7 Å². The second-order valence-corrected chi connectivity index (χ2v) is 13.0. The minimum Gasteiger partial charge on any atom is -0.390 e. The number of amides is 2. The van der Waals surface area contributed by atoms with Crippen LogP contribution in [0.1, 0.15) is 66.8 Å². The molecule has 0 spiro atoms. The van der Waals surface area contributed by atoms with Gasteiger partial charge in [0.1, 0.15) is 12.3 Å². The van der Waals surface area contributed by atoms with E-state index in [0.29, 0.717) is 12.8 Å². The maximum Gasteiger partial charge on any atom is 0.280 e. The molecule has 280 valence electrons. The van der Waals surface area contributed by atoms with E-state index in [9.17, 15) is 29.4 Å². The third-order valence-electron chi connectivity index (χ3n) is 8.69. The van der Waals surface area contributed by atoms with E-state index in [0.717, 1.165) is 0 Å². The summed E-state index contributed by atoms with van der Waals surface area (Å²) in [5, 5.41) is 29.2. The Morgan fingerprint density at radius 3 is 1.75 bits per heavy atom. The Balaban J connectivity index is 0.000000202. The first-order chi connectivity index (χ1) is 24.7. The average Bonchev–Trinajstić information content (AvgIpc) is 3.86. The van der Waals surface area contributed by atoms with Crippen molar-refractivity contribution in [2.75, 3.05) is 10.6 Å². The number of carbonyl (C=O) groups excluding carboxylic acids is 2. The SMILES string of the molecule is CC[C@H]1O[C@@H](n2cnc3c(=O)[nH]c(NC(=O)C(C)C)nc32)[C@H](N)[C@@H]1O.CC[C@H]1O[C@@H](n2cnc3c(=O)[nH]c(NC(=O)C(C)C)nc32)[C@H](N=[N+]=[N-])[C@@H]1O. The van der Waals surface area contributed by atoms with Gasteiger partial charge in [0.25, 0.3) is 11.1 Å². The Morgan fingerprint density at radius 1 is 0.885 bits per heavy atom. The number of nitrogens with two attached hydrogens (primary N) is 1. The fraction of sp³-hybridized carbons (Fsp3) is 0.600. The average molecular weight is 727 g/mol. The highest BCUT2D eigenvalue weighted by Gasteiger charge is 2.44. The molecule has 0 saturated carbocycles. The number of carbonyl (C=O) groups is 2. The molecule has 8 N–H and O–H groups in total. The van der Waals surface area contributed by atoms with Crippen molar-refractivity contribution < 1.29 is 29.3 Å². The summed E-state index contributed by atoms with van der Waals surface area (Å²) < 4.78 is 14.5. The highest BCUT2D eigenvalue weighted by atomic mass is 16.5. The minimum absolute atomic E-state index is 0.0251. The molecule has 6 heterocycles. The molecule has 2 amide bonds. The third-order valence-corrected chi connectivity index (χ3v) is 8.69. The quantitative estimate of drug-likeness (QED) is 0.0713. The monoisotopic (exact) mass is 726 g/mol. The zero-order valence-corrected chi connectivity index (χ0v) is 29.3. The molecule has 2 aliphatic rings. The van der Waals surface area contributed by atoms with Gasteiger partial charge in [-0.3, -0.25) is 48.9 Å². The van der Waals surface area contributed by atoms with Crippen LogP contribution in [0.2, 0.25) is 0 Å². The van der Waals surface area contributed by atoms with Crippen molar-refractivity contribution in [1.82, 2.24) is 39.0 Å². The lowest BCUT2D eigenvalue weighted by atomic mass is 10.1. The van der Waals surface area contributed by atoms with E-state index in [4.69, 9.17) is 20.7 Å². The topological polar surface area (TPSA) is 319 Å². The number of rotatable bonds is 9. The van der Waals surface area contributed by atoms with Crippen molar-refractivity contribution in [2.24, 2.45) is 22.7 Å². The molecule has 22 nitrogen and oxygen atoms in total. The largest absolute Gasteiger partial charge is 0.390 e. The summed E-state index contributed by atoms with van der Waals surface area (Å²) in [6.45, 7) is 10.6. The Kier molecular flexibility index (Phi) is 11.4. The van der Waals surface area contributed by atoms with Crippen LogP contribution in [-0.2, 0) is 19.1 Å². The number of nitrogens with zero attached hydrogens (tertiary/aromatic N) is 9. The molecular weight excluding hydrogens is 684 g/mol. The second kappa shape index (κ2) is 15.6. The van der Waals surface area contributed by atoms with Crippen LogP contribution in [0.5, 0.6) is 0 Å². The first-order valence-corrected chi connectivity index (χ1v) is 16.7. The molecule has 8 atom stereocenters. The van der Waals surface area contributed by atoms with Crippen molar-refractivity contribution in [3.05, 3.63) is 43.8 Å². The molecule has 0 radical (unpaired) electrons. The molecule has 52 heavy (non-hydrogen) atoms. The Bertz CT molecular complexity index is 2100. The number of hydrogen-bond donors (Lipinski definition) is 7. The van der Waals surface area contributed by atoms with Gasteiger partial charge < -0.3 is 25.4 Å². The molecule has 6 rings (SSSR count). The summed E-state index contributed by atoms with van der Waals surface area (Å²) in [6.07, 6.45) is -0.518. The lowest BCUT2D eigenvalue weighted by Gasteiger charge is -2.17. The van der Waals surface area contributed by atoms with Gasteiger partial charge in [-0.15, -0.1) is 0 Å². The summed E-state index contributed by atoms with van der Waals surface area (Å²) in [7, 11) is 0. The Morgan fingerprint density at radius 2 is 1.33 bits per heavy atom. The number of ether oxygens (including phenoxy) is 2. The molecule has 2 saturated heterocycles. The van der Waals surface area contributed by atoms with Crippen molar-refractivity contribution in [3.63, 3.8) is 0 Å². The van der Waals surface area contributed by atoms with E-state index in [1.165, 1.54) is 21.8 Å². The molecule has 2 aliphatic heterocycles. The second-order valence-electron chi connectivity index (χ2n) is 13.0. The standard InChI is InChI=1S/C15H20N8O4.C15H22N6O4/c1-4-7-10(24)8(21-22-16)14(27-7)23-5-17-9-11(23)18-15(20-13(9)26)19-12(25)6(2)3;1-4-7-10(22)8(16)14(25-7)21-5-17-9-11(21)18-15(20-13(9)24)19-12(23)6(2)3/h5-8,10,14,24H,4H2,1-3H3,(H2,18,19,20,25,26);5-8,10,14,22H,4,16H2,1-3H3,(H2,18,19,20,23,24)/t2*7-,8-,10-,14-/m11/s1. The van der Waals surface area contributed by atoms with Crippen LogP contribution in [0.3, 0.4) is 0 Å². The van der Waals surface area contributed by atoms with Crippen LogP contribution >= 0.6 is 0 Å². The number of fused-ring (bicyclic) bond motifs is 2. The molecule has 0 aliphatic carbocycles. The Hall–Kier alpha value is -5.25. The highest BCUT2D eigenvalue weighted by Crippen LogP contribution is 2.35. The maximum atomic E-state index is 12.3. The summed E-state index contributed by atoms with van der Waals surface area (Å²) in [4.78, 5) is 72.5. The van der Waals surface area contributed by atoms with Crippen LogP contribution < -0.4 is 27.5 Å². The lowest BCUT2D eigenvalue weighted by molar-refractivity contribution is -0.119. The predicted octanol–water partition coefficient (Wildman–Crippen LogP) is 0.771. The Labute approximate surface area is 294 Å². The normalized spacial score (nSPS) is 25.7. The van der Waals surface area contributed by atoms with Crippen LogP contribution in [0, 0.1) is 11.8 Å². The molecule has 4 aromatic heterocycles. The molecule has 4 aromatic rings. The molecule has 2 fully saturated rings. The van der Waals surface area contributed by atoms with Gasteiger partial charge in [0, 0.05) is 16.7 Å². The number of aliphatic hydroxyl groups is 2. The number of azide groups is 1. The summed E-state index contributed by atoms with van der Waals surface area (Å²) in [5.41, 5.74) is 14.4. The van der Waals surface area contributed by atoms with Crippen LogP contribution in [0.15, 0.2) is 27.4 Å². The molecule has 0 aromatic carbocycles. The third kappa shape index (κ3) is 7.38. The number of nitrogens with one attached hydrogen (secondary N) is 4. The highest BCUT2D eigenvalue weighted by molar-refractivity contribution is 5.91. The van der Waals surface area contributed by atoms with Gasteiger partial charge >= 0.3 is 0 Å². The predicted molar refractivity (Wildman–Crippen MR) is 185 cm³/mol. The number of aromatic amines is 2. The fourth-order valence-corrected chi connectivity index (χ4v) is 5.70. The van der Waals surface area contributed by atoms with E-state index in [-0.39, 0.29) is 57.9 Å². The van der Waals surface area contributed by atoms with Crippen LogP contribution in [-0.4, -0.2) is 97.6 Å². The van der Waals surface area contributed by atoms with E-state index >= 15 is 0 Å². The van der Waals surface area contributed by atoms with E-state index < -0.39 is 60.1 Å².